The van der Waals surface area contributed by atoms with E-state index in [1.54, 1.807) is 11.3 Å². The van der Waals surface area contributed by atoms with Crippen LogP contribution >= 0.6 is 11.3 Å². The number of carbonyl (C=O) groups is 1. The number of benzene rings is 1. The molecular formula is C19H19N5O2S. The third kappa shape index (κ3) is 3.02. The van der Waals surface area contributed by atoms with Crippen molar-refractivity contribution in [3.63, 3.8) is 0 Å². The summed E-state index contributed by atoms with van der Waals surface area (Å²) in [5.74, 6) is -0.295. The van der Waals surface area contributed by atoms with Crippen LogP contribution in [0, 0.1) is 13.8 Å². The fourth-order valence-corrected chi connectivity index (χ4v) is 4.07. The molecule has 0 atom stereocenters. The van der Waals surface area contributed by atoms with E-state index in [2.05, 4.69) is 22.3 Å². The molecule has 27 heavy (non-hydrogen) atoms. The third-order valence-corrected chi connectivity index (χ3v) is 5.78. The Kier molecular flexibility index (Phi) is 4.27. The van der Waals surface area contributed by atoms with Crippen LogP contribution in [0.3, 0.4) is 0 Å². The summed E-state index contributed by atoms with van der Waals surface area (Å²) >= 11 is 1.57. The number of aryl methyl sites for hydroxylation is 3. The molecule has 0 saturated heterocycles. The van der Waals surface area contributed by atoms with Gasteiger partial charge >= 0.3 is 5.69 Å². The summed E-state index contributed by atoms with van der Waals surface area (Å²) in [6.45, 7) is 5.92. The normalized spacial score (nSPS) is 11.4. The molecule has 1 aromatic carbocycles. The summed E-state index contributed by atoms with van der Waals surface area (Å²) in [5.41, 5.74) is 3.07. The molecule has 0 saturated carbocycles. The number of nitrogens with zero attached hydrogens (tertiary/aromatic N) is 4. The van der Waals surface area contributed by atoms with E-state index in [4.69, 9.17) is 0 Å². The lowest BCUT2D eigenvalue weighted by molar-refractivity contribution is -0.117. The van der Waals surface area contributed by atoms with E-state index >= 15 is 0 Å². The highest BCUT2D eigenvalue weighted by Crippen LogP contribution is 2.30. The number of nitrogens with one attached hydrogen (secondary N) is 1. The maximum atomic E-state index is 12.6. The third-order valence-electron chi connectivity index (χ3n) is 4.66. The average Bonchev–Trinajstić information content (AvgIpc) is 3.12. The van der Waals surface area contributed by atoms with Crippen molar-refractivity contribution in [1.29, 1.82) is 0 Å². The lowest BCUT2D eigenvalue weighted by Gasteiger charge is -2.06. The van der Waals surface area contributed by atoms with E-state index < -0.39 is 0 Å². The van der Waals surface area contributed by atoms with Crippen molar-refractivity contribution in [1.82, 2.24) is 19.2 Å². The minimum Gasteiger partial charge on any atom is -0.324 e. The fraction of sp³-hybridized carbons (Fsp3) is 0.263. The van der Waals surface area contributed by atoms with E-state index in [9.17, 15) is 9.59 Å². The molecule has 0 radical (unpaired) electrons. The van der Waals surface area contributed by atoms with Gasteiger partial charge in [0, 0.05) is 10.6 Å². The maximum Gasteiger partial charge on any atom is 0.352 e. The standard InChI is InChI=1S/C19H19N5O2S/c1-4-13-6-5-7-14(8-13)21-15(25)9-24-19(26)23-10-20-18-16(17(23)22-24)11(2)12(3)27-18/h5-8,10H,4,9H2,1-3H3,(H,21,25). The van der Waals surface area contributed by atoms with Gasteiger partial charge in [0.1, 0.15) is 17.7 Å². The maximum absolute atomic E-state index is 12.6. The molecule has 4 aromatic rings. The molecule has 0 spiro atoms. The Morgan fingerprint density at radius 2 is 2.11 bits per heavy atom. The lowest BCUT2D eigenvalue weighted by Crippen LogP contribution is -2.28. The zero-order valence-electron chi connectivity index (χ0n) is 15.3. The van der Waals surface area contributed by atoms with E-state index in [-0.39, 0.29) is 18.1 Å². The van der Waals surface area contributed by atoms with E-state index in [0.29, 0.717) is 11.3 Å². The first kappa shape index (κ1) is 17.4. The van der Waals surface area contributed by atoms with E-state index in [1.165, 1.54) is 15.4 Å². The highest BCUT2D eigenvalue weighted by atomic mass is 32.1. The predicted octanol–water partition coefficient (Wildman–Crippen LogP) is 2.92. The molecule has 7 nitrogen and oxygen atoms in total. The van der Waals surface area contributed by atoms with Crippen LogP contribution in [-0.4, -0.2) is 25.1 Å². The molecular weight excluding hydrogens is 362 g/mol. The van der Waals surface area contributed by atoms with Crippen LogP contribution in [0.5, 0.6) is 0 Å². The summed E-state index contributed by atoms with van der Waals surface area (Å²) in [7, 11) is 0. The monoisotopic (exact) mass is 381 g/mol. The molecule has 0 aliphatic heterocycles. The van der Waals surface area contributed by atoms with Gasteiger partial charge in [0.15, 0.2) is 5.65 Å². The number of fused-ring (bicyclic) bond motifs is 3. The van der Waals surface area contributed by atoms with Gasteiger partial charge in [-0.15, -0.1) is 16.4 Å². The predicted molar refractivity (Wildman–Crippen MR) is 107 cm³/mol. The highest BCUT2D eigenvalue weighted by molar-refractivity contribution is 7.18. The summed E-state index contributed by atoms with van der Waals surface area (Å²) < 4.78 is 2.58. The number of hydrogen-bond acceptors (Lipinski definition) is 5. The molecule has 4 rings (SSSR count). The molecule has 138 valence electrons. The van der Waals surface area contributed by atoms with Gasteiger partial charge in [-0.05, 0) is 43.5 Å². The van der Waals surface area contributed by atoms with Crippen LogP contribution in [0.25, 0.3) is 15.9 Å². The molecule has 8 heteroatoms. The van der Waals surface area contributed by atoms with Crippen LogP contribution < -0.4 is 11.0 Å². The second kappa shape index (κ2) is 6.62. The van der Waals surface area contributed by atoms with Crippen LogP contribution in [0.1, 0.15) is 22.9 Å². The highest BCUT2D eigenvalue weighted by Gasteiger charge is 2.17. The Morgan fingerprint density at radius 3 is 2.89 bits per heavy atom. The topological polar surface area (TPSA) is 81.3 Å². The van der Waals surface area contributed by atoms with Gasteiger partial charge < -0.3 is 5.32 Å². The molecule has 0 unspecified atom stereocenters. The van der Waals surface area contributed by atoms with Crippen molar-refractivity contribution in [2.24, 2.45) is 0 Å². The smallest absolute Gasteiger partial charge is 0.324 e. The Labute approximate surface area is 159 Å². The summed E-state index contributed by atoms with van der Waals surface area (Å²) in [6, 6.07) is 7.66. The van der Waals surface area contributed by atoms with E-state index in [0.717, 1.165) is 32.6 Å². The van der Waals surface area contributed by atoms with Gasteiger partial charge in [-0.3, -0.25) is 4.79 Å². The minimum atomic E-state index is -0.375. The van der Waals surface area contributed by atoms with Gasteiger partial charge in [0.05, 0.1) is 5.39 Å². The van der Waals surface area contributed by atoms with Gasteiger partial charge in [0.2, 0.25) is 5.91 Å². The van der Waals surface area contributed by atoms with Gasteiger partial charge in [0.25, 0.3) is 0 Å². The van der Waals surface area contributed by atoms with Gasteiger partial charge in [-0.1, -0.05) is 19.1 Å². The molecule has 1 N–H and O–H groups in total. The SMILES string of the molecule is CCc1cccc(NC(=O)Cn2nc3c4c(C)c(C)sc4ncn3c2=O)c1. The minimum absolute atomic E-state index is 0.152. The number of anilines is 1. The quantitative estimate of drug-likeness (QED) is 0.589. The number of carbonyl (C=O) groups excluding carboxylic acids is 1. The second-order valence-corrected chi connectivity index (χ2v) is 7.65. The van der Waals surface area contributed by atoms with Crippen LogP contribution in [-0.2, 0) is 17.8 Å². The Balaban J connectivity index is 1.67. The van der Waals surface area contributed by atoms with Crippen molar-refractivity contribution in [2.75, 3.05) is 5.32 Å². The van der Waals surface area contributed by atoms with Crippen molar-refractivity contribution < 1.29 is 4.79 Å². The lowest BCUT2D eigenvalue weighted by atomic mass is 10.1. The van der Waals surface area contributed by atoms with Gasteiger partial charge in [-0.2, -0.15) is 0 Å². The van der Waals surface area contributed by atoms with Crippen molar-refractivity contribution >= 4 is 38.8 Å². The largest absolute Gasteiger partial charge is 0.352 e. The first-order valence-electron chi connectivity index (χ1n) is 8.70. The first-order chi connectivity index (χ1) is 13.0. The molecule has 3 heterocycles. The Bertz CT molecular complexity index is 1230. The fourth-order valence-electron chi connectivity index (χ4n) is 3.08. The van der Waals surface area contributed by atoms with Crippen molar-refractivity contribution in [3.8, 4) is 0 Å². The van der Waals surface area contributed by atoms with Crippen molar-refractivity contribution in [3.05, 3.63) is 57.1 Å². The number of rotatable bonds is 4. The molecule has 0 fully saturated rings. The summed E-state index contributed by atoms with van der Waals surface area (Å²) in [4.78, 5) is 31.4. The molecule has 1 amide bonds. The molecule has 0 bridgehead atoms. The van der Waals surface area contributed by atoms with Crippen molar-refractivity contribution in [2.45, 2.75) is 33.7 Å². The zero-order chi connectivity index (χ0) is 19.1. The van der Waals surface area contributed by atoms with Gasteiger partial charge in [-0.25, -0.2) is 18.9 Å². The molecule has 3 aromatic heterocycles. The second-order valence-electron chi connectivity index (χ2n) is 6.44. The van der Waals surface area contributed by atoms with Crippen LogP contribution in [0.4, 0.5) is 5.69 Å². The number of hydrogen-bond donors (Lipinski definition) is 1. The number of amides is 1. The molecule has 0 aliphatic rings. The van der Waals surface area contributed by atoms with Crippen LogP contribution in [0.2, 0.25) is 0 Å². The zero-order valence-corrected chi connectivity index (χ0v) is 16.1. The number of aromatic nitrogens is 4. The van der Waals surface area contributed by atoms with E-state index in [1.807, 2.05) is 38.1 Å². The van der Waals surface area contributed by atoms with Crippen LogP contribution in [0.15, 0.2) is 35.4 Å². The Morgan fingerprint density at radius 1 is 1.30 bits per heavy atom. The Hall–Kier alpha value is -3.00. The first-order valence-corrected chi connectivity index (χ1v) is 9.52. The number of thiophene rings is 1. The average molecular weight is 381 g/mol. The summed E-state index contributed by atoms with van der Waals surface area (Å²) in [5, 5.41) is 8.10. The molecule has 0 aliphatic carbocycles. The summed E-state index contributed by atoms with van der Waals surface area (Å²) in [6.07, 6.45) is 2.36.